The van der Waals surface area contributed by atoms with E-state index >= 15 is 0 Å². The van der Waals surface area contributed by atoms with Crippen molar-refractivity contribution in [2.45, 2.75) is 53.4 Å². The van der Waals surface area contributed by atoms with Gasteiger partial charge in [-0.05, 0) is 42.4 Å². The topological polar surface area (TPSA) is 62.3 Å². The summed E-state index contributed by atoms with van der Waals surface area (Å²) in [6.07, 6.45) is 2.56. The lowest BCUT2D eigenvalue weighted by molar-refractivity contribution is -0.116. The maximum Gasteiger partial charge on any atom is 0.254 e. The van der Waals surface area contributed by atoms with E-state index in [1.807, 2.05) is 31.2 Å². The lowest BCUT2D eigenvalue weighted by Gasteiger charge is -2.24. The second kappa shape index (κ2) is 9.32. The van der Waals surface area contributed by atoms with E-state index in [4.69, 9.17) is 0 Å². The summed E-state index contributed by atoms with van der Waals surface area (Å²) in [4.78, 5) is 32.3. The van der Waals surface area contributed by atoms with Gasteiger partial charge in [-0.3, -0.25) is 9.59 Å². The lowest BCUT2D eigenvalue weighted by Crippen LogP contribution is -2.39. The van der Waals surface area contributed by atoms with Crippen LogP contribution in [0.2, 0.25) is 0 Å². The van der Waals surface area contributed by atoms with Gasteiger partial charge >= 0.3 is 0 Å². The van der Waals surface area contributed by atoms with Gasteiger partial charge in [-0.15, -0.1) is 11.3 Å². The van der Waals surface area contributed by atoms with Crippen molar-refractivity contribution in [3.63, 3.8) is 0 Å². The van der Waals surface area contributed by atoms with Crippen molar-refractivity contribution >= 4 is 28.3 Å². The smallest absolute Gasteiger partial charge is 0.254 e. The van der Waals surface area contributed by atoms with Crippen molar-refractivity contribution < 1.29 is 9.59 Å². The number of carbonyl (C=O) groups is 2. The molecule has 0 saturated heterocycles. The highest BCUT2D eigenvalue weighted by molar-refractivity contribution is 7.15. The minimum Gasteiger partial charge on any atom is -0.329 e. The first kappa shape index (κ1) is 22.1. The van der Waals surface area contributed by atoms with E-state index in [-0.39, 0.29) is 23.8 Å². The predicted octanol–water partition coefficient (Wildman–Crippen LogP) is 4.88. The van der Waals surface area contributed by atoms with E-state index < -0.39 is 0 Å². The first-order valence-electron chi connectivity index (χ1n) is 9.68. The highest BCUT2D eigenvalue weighted by atomic mass is 32.1. The second-order valence-corrected chi connectivity index (χ2v) is 9.80. The zero-order valence-electron chi connectivity index (χ0n) is 17.7. The van der Waals surface area contributed by atoms with E-state index in [9.17, 15) is 9.59 Å². The average Bonchev–Trinajstić information content (AvgIpc) is 3.01. The third kappa shape index (κ3) is 6.44. The summed E-state index contributed by atoms with van der Waals surface area (Å²) in [6, 6.07) is 7.69. The molecule has 2 aromatic rings. The third-order valence-corrected chi connectivity index (χ3v) is 5.29. The number of aromatic nitrogens is 1. The number of anilines is 1. The van der Waals surface area contributed by atoms with E-state index in [1.54, 1.807) is 11.1 Å². The molecule has 0 aliphatic heterocycles. The Balaban J connectivity index is 2.12. The fourth-order valence-electron chi connectivity index (χ4n) is 2.71. The molecule has 2 rings (SSSR count). The van der Waals surface area contributed by atoms with Gasteiger partial charge in [0.15, 0.2) is 5.13 Å². The number of hydrogen-bond donors (Lipinski definition) is 1. The van der Waals surface area contributed by atoms with Crippen molar-refractivity contribution in [1.29, 1.82) is 0 Å². The first-order valence-corrected chi connectivity index (χ1v) is 10.5. The van der Waals surface area contributed by atoms with Gasteiger partial charge in [-0.1, -0.05) is 46.8 Å². The average molecular weight is 402 g/mol. The summed E-state index contributed by atoms with van der Waals surface area (Å²) in [7, 11) is 0. The van der Waals surface area contributed by atoms with E-state index in [2.05, 4.69) is 44.9 Å². The predicted molar refractivity (Wildman–Crippen MR) is 116 cm³/mol. The molecule has 1 aromatic carbocycles. The Labute approximate surface area is 172 Å². The molecule has 0 unspecified atom stereocenters. The number of nitrogens with zero attached hydrogens (tertiary/aromatic N) is 2. The van der Waals surface area contributed by atoms with Crippen LogP contribution in [-0.4, -0.2) is 34.8 Å². The van der Waals surface area contributed by atoms with Crippen LogP contribution in [0.15, 0.2) is 30.5 Å². The summed E-state index contributed by atoms with van der Waals surface area (Å²) in [6.45, 7) is 13.1. The molecule has 0 saturated carbocycles. The Hall–Kier alpha value is -2.21. The number of amides is 2. The molecule has 0 fully saturated rings. The van der Waals surface area contributed by atoms with Crippen LogP contribution < -0.4 is 5.32 Å². The molecule has 0 bridgehead atoms. The fraction of sp³-hybridized carbons (Fsp3) is 0.500. The van der Waals surface area contributed by atoms with Gasteiger partial charge in [-0.2, -0.15) is 0 Å². The molecule has 28 heavy (non-hydrogen) atoms. The minimum atomic E-state index is -0.224. The molecule has 0 radical (unpaired) electrons. The molecule has 6 heteroatoms. The summed E-state index contributed by atoms with van der Waals surface area (Å²) in [5.41, 5.74) is 1.81. The van der Waals surface area contributed by atoms with Gasteiger partial charge in [0.1, 0.15) is 6.54 Å². The molecular weight excluding hydrogens is 370 g/mol. The third-order valence-electron chi connectivity index (χ3n) is 4.46. The van der Waals surface area contributed by atoms with E-state index in [0.29, 0.717) is 23.2 Å². The van der Waals surface area contributed by atoms with E-state index in [0.717, 1.165) is 11.3 Å². The van der Waals surface area contributed by atoms with Crippen LogP contribution in [0.25, 0.3) is 0 Å². The Morgan fingerprint density at radius 1 is 1.18 bits per heavy atom. The number of carbonyl (C=O) groups excluding carboxylic acids is 2. The van der Waals surface area contributed by atoms with Crippen LogP contribution >= 0.6 is 11.3 Å². The normalized spacial score (nSPS) is 11.5. The van der Waals surface area contributed by atoms with Crippen LogP contribution in [0, 0.1) is 12.8 Å². The maximum absolute atomic E-state index is 13.0. The van der Waals surface area contributed by atoms with Gasteiger partial charge in [0.2, 0.25) is 5.91 Å². The van der Waals surface area contributed by atoms with Crippen LogP contribution in [0.4, 0.5) is 5.13 Å². The summed E-state index contributed by atoms with van der Waals surface area (Å²) in [5.74, 6) is 0.104. The van der Waals surface area contributed by atoms with Gasteiger partial charge in [0.05, 0.1) is 0 Å². The van der Waals surface area contributed by atoms with Gasteiger partial charge in [-0.25, -0.2) is 4.98 Å². The van der Waals surface area contributed by atoms with Crippen molar-refractivity contribution in [3.05, 3.63) is 46.5 Å². The number of aryl methyl sites for hydroxylation is 1. The molecule has 0 spiro atoms. The number of hydrogen-bond acceptors (Lipinski definition) is 4. The van der Waals surface area contributed by atoms with Crippen LogP contribution in [-0.2, 0) is 10.2 Å². The number of rotatable bonds is 7. The Bertz CT molecular complexity index is 804. The van der Waals surface area contributed by atoms with E-state index in [1.165, 1.54) is 16.9 Å². The van der Waals surface area contributed by atoms with Crippen molar-refractivity contribution in [1.82, 2.24) is 9.88 Å². The highest BCUT2D eigenvalue weighted by Crippen LogP contribution is 2.23. The molecule has 1 N–H and O–H groups in total. The monoisotopic (exact) mass is 401 g/mol. The Morgan fingerprint density at radius 2 is 1.82 bits per heavy atom. The van der Waals surface area contributed by atoms with Crippen LogP contribution in [0.5, 0.6) is 0 Å². The highest BCUT2D eigenvalue weighted by Gasteiger charge is 2.21. The molecular formula is C22H31N3O2S. The summed E-state index contributed by atoms with van der Waals surface area (Å²) >= 11 is 1.42. The zero-order chi connectivity index (χ0) is 20.9. The van der Waals surface area contributed by atoms with Crippen LogP contribution in [0.1, 0.15) is 61.8 Å². The molecule has 0 aliphatic carbocycles. The van der Waals surface area contributed by atoms with Gasteiger partial charge in [0.25, 0.3) is 5.91 Å². The Morgan fingerprint density at radius 3 is 2.32 bits per heavy atom. The summed E-state index contributed by atoms with van der Waals surface area (Å²) < 4.78 is 0. The van der Waals surface area contributed by atoms with Crippen molar-refractivity contribution in [3.8, 4) is 0 Å². The number of benzene rings is 1. The van der Waals surface area contributed by atoms with Gasteiger partial charge in [0, 0.05) is 23.2 Å². The Kier molecular flexibility index (Phi) is 7.35. The molecule has 0 atom stereocenters. The van der Waals surface area contributed by atoms with Gasteiger partial charge < -0.3 is 10.2 Å². The van der Waals surface area contributed by atoms with Crippen molar-refractivity contribution in [2.24, 2.45) is 5.92 Å². The zero-order valence-corrected chi connectivity index (χ0v) is 18.5. The number of nitrogens with one attached hydrogen (secondary N) is 1. The lowest BCUT2D eigenvalue weighted by atomic mass is 9.86. The quantitative estimate of drug-likeness (QED) is 0.719. The number of thiazole rings is 1. The molecule has 1 aromatic heterocycles. The SMILES string of the molecule is Cc1cnc(NC(=O)CN(CCC(C)C)C(=O)c2ccc(C(C)(C)C)cc2)s1. The van der Waals surface area contributed by atoms with Crippen LogP contribution in [0.3, 0.4) is 0 Å². The molecule has 152 valence electrons. The standard InChI is InChI=1S/C22H31N3O2S/c1-15(2)11-12-25(14-19(26)24-21-23-13-16(3)28-21)20(27)17-7-9-18(10-8-17)22(4,5)6/h7-10,13,15H,11-12,14H2,1-6H3,(H,23,24,26). The molecule has 5 nitrogen and oxygen atoms in total. The summed E-state index contributed by atoms with van der Waals surface area (Å²) in [5, 5.41) is 3.35. The second-order valence-electron chi connectivity index (χ2n) is 8.56. The maximum atomic E-state index is 13.0. The largest absolute Gasteiger partial charge is 0.329 e. The molecule has 0 aliphatic rings. The first-order chi connectivity index (χ1) is 13.1. The van der Waals surface area contributed by atoms with Crippen molar-refractivity contribution in [2.75, 3.05) is 18.4 Å². The minimum absolute atomic E-state index is 0.0191. The fourth-order valence-corrected chi connectivity index (χ4v) is 3.39. The molecule has 1 heterocycles. The molecule has 2 amide bonds.